The normalized spacial score (nSPS) is 13.3. The van der Waals surface area contributed by atoms with Crippen LogP contribution in [0, 0.1) is 5.41 Å². The predicted octanol–water partition coefficient (Wildman–Crippen LogP) is 4.74. The van der Waals surface area contributed by atoms with Crippen LogP contribution in [0.3, 0.4) is 0 Å². The molecule has 208 valence electrons. The number of halogens is 3. The molecule has 0 amide bonds. The number of rotatable bonds is 10. The molecule has 0 aliphatic carbocycles. The topological polar surface area (TPSA) is 136 Å². The summed E-state index contributed by atoms with van der Waals surface area (Å²) in [5.41, 5.74) is 1.84. The Labute approximate surface area is 232 Å². The second-order valence-electron chi connectivity index (χ2n) is 8.83. The van der Waals surface area contributed by atoms with E-state index in [0.717, 1.165) is 6.08 Å². The summed E-state index contributed by atoms with van der Waals surface area (Å²) in [7, 11) is 1.40. The van der Waals surface area contributed by atoms with E-state index in [1.165, 1.54) is 42.1 Å². The summed E-state index contributed by atoms with van der Waals surface area (Å²) in [6, 6.07) is 10.3. The number of alkyl halides is 2. The molecule has 2 aromatic heterocycles. The lowest BCUT2D eigenvalue weighted by atomic mass is 9.96. The Morgan fingerprint density at radius 3 is 2.58 bits per heavy atom. The number of aliphatic hydroxyl groups is 1. The average Bonchev–Trinajstić information content (AvgIpc) is 2.93. The van der Waals surface area contributed by atoms with Crippen LogP contribution in [-0.4, -0.2) is 50.2 Å². The van der Waals surface area contributed by atoms with Crippen LogP contribution >= 0.6 is 11.6 Å². The van der Waals surface area contributed by atoms with Crippen LogP contribution in [0.2, 0.25) is 5.02 Å². The van der Waals surface area contributed by atoms with Crippen LogP contribution in [-0.2, 0) is 0 Å². The minimum Gasteiger partial charge on any atom is -0.592 e. The Morgan fingerprint density at radius 1 is 1.18 bits per heavy atom. The molecular weight excluding hydrogens is 544 g/mol. The van der Waals surface area contributed by atoms with Gasteiger partial charge in [-0.05, 0) is 42.3 Å². The van der Waals surface area contributed by atoms with Crippen molar-refractivity contribution in [2.75, 3.05) is 12.4 Å². The van der Waals surface area contributed by atoms with Gasteiger partial charge in [-0.25, -0.2) is 0 Å². The zero-order valence-corrected chi connectivity index (χ0v) is 22.3. The Kier molecular flexibility index (Phi) is 8.76. The number of pyridine rings is 1. The molecule has 0 fully saturated rings. The van der Waals surface area contributed by atoms with Gasteiger partial charge in [-0.3, -0.25) is 20.2 Å². The van der Waals surface area contributed by atoms with Crippen molar-refractivity contribution in [2.24, 2.45) is 0 Å². The van der Waals surface area contributed by atoms with E-state index < -0.39 is 30.0 Å². The Hall–Kier alpha value is -4.35. The number of ether oxygens (including phenoxy) is 1. The van der Waals surface area contributed by atoms with Crippen LogP contribution < -0.4 is 15.6 Å². The summed E-state index contributed by atoms with van der Waals surface area (Å²) in [6.07, 6.45) is 1.52. The molecule has 2 atom stereocenters. The number of methoxy groups -OCH3 is 1. The summed E-state index contributed by atoms with van der Waals surface area (Å²) < 4.78 is 32.7. The van der Waals surface area contributed by atoms with Crippen LogP contribution in [0.25, 0.3) is 22.2 Å². The van der Waals surface area contributed by atoms with Crippen LogP contribution in [0.5, 0.6) is 5.75 Å². The SMILES string of the molecule is CCC(C(O)Nc1ccc2nccnc2c1)n1cc(OC)c(-c2cc(Cl)ccc2C(=N)/C=C(\[OH2+])C(F)F)cc1=O. The second kappa shape index (κ2) is 12.2. The van der Waals surface area contributed by atoms with Crippen molar-refractivity contribution in [3.8, 4) is 16.9 Å². The maximum Gasteiger partial charge on any atom is 0.341 e. The lowest BCUT2D eigenvalue weighted by Crippen LogP contribution is -2.36. The van der Waals surface area contributed by atoms with Crippen molar-refractivity contribution in [1.82, 2.24) is 14.5 Å². The molecule has 0 saturated carbocycles. The molecular formula is C28H27ClF2N5O4+. The smallest absolute Gasteiger partial charge is 0.341 e. The first kappa shape index (κ1) is 28.7. The minimum absolute atomic E-state index is 0.179. The van der Waals surface area contributed by atoms with E-state index in [4.69, 9.17) is 26.9 Å². The van der Waals surface area contributed by atoms with Gasteiger partial charge in [0, 0.05) is 40.3 Å². The van der Waals surface area contributed by atoms with Crippen molar-refractivity contribution in [1.29, 1.82) is 5.41 Å². The minimum atomic E-state index is -3.04. The van der Waals surface area contributed by atoms with E-state index >= 15 is 0 Å². The largest absolute Gasteiger partial charge is 0.592 e. The fourth-order valence-electron chi connectivity index (χ4n) is 4.32. The molecule has 12 heteroatoms. The third-order valence-corrected chi connectivity index (χ3v) is 6.52. The van der Waals surface area contributed by atoms with E-state index in [-0.39, 0.29) is 27.6 Å². The maximum atomic E-state index is 13.4. The lowest BCUT2D eigenvalue weighted by Gasteiger charge is -2.26. The quantitative estimate of drug-likeness (QED) is 0.109. The van der Waals surface area contributed by atoms with Crippen LogP contribution in [0.1, 0.15) is 24.9 Å². The van der Waals surface area contributed by atoms with Gasteiger partial charge < -0.3 is 24.8 Å². The fraction of sp³-hybridized carbons (Fsp3) is 0.214. The molecule has 4 rings (SSSR count). The number of benzene rings is 2. The standard InChI is InChI=1S/C28H26ClF2N5O4/c1-3-23(28(39)35-16-5-7-21-22(11-16)34-9-8-33-21)36-14-25(40-2)19(12-26(36)38)18-10-15(29)4-6-17(18)20(32)13-24(37)27(30)31/h4-14,23,27-28,32,35,37,39H,3H2,1-2H3/p+1/b24-13-,32-20?. The van der Waals surface area contributed by atoms with Crippen molar-refractivity contribution in [3.05, 3.63) is 93.8 Å². The number of fused-ring (bicyclic) bond motifs is 1. The van der Waals surface area contributed by atoms with Gasteiger partial charge in [0.15, 0.2) is 0 Å². The molecule has 2 unspecified atom stereocenters. The van der Waals surface area contributed by atoms with E-state index in [1.54, 1.807) is 30.6 Å². The summed E-state index contributed by atoms with van der Waals surface area (Å²) >= 11 is 6.21. The van der Waals surface area contributed by atoms with E-state index in [1.807, 2.05) is 6.92 Å². The number of aliphatic hydroxyl groups excluding tert-OH is 1. The lowest BCUT2D eigenvalue weighted by molar-refractivity contribution is 0.129. The van der Waals surface area contributed by atoms with Crippen LogP contribution in [0.15, 0.2) is 77.7 Å². The molecule has 9 nitrogen and oxygen atoms in total. The van der Waals surface area contributed by atoms with E-state index in [2.05, 4.69) is 15.3 Å². The molecule has 0 aliphatic rings. The molecule has 0 saturated heterocycles. The number of allylic oxidation sites excluding steroid dienone is 2. The predicted molar refractivity (Wildman–Crippen MR) is 151 cm³/mol. The van der Waals surface area contributed by atoms with Crippen molar-refractivity contribution < 1.29 is 23.7 Å². The first-order chi connectivity index (χ1) is 19.1. The summed E-state index contributed by atoms with van der Waals surface area (Å²) in [4.78, 5) is 21.9. The van der Waals surface area contributed by atoms with Gasteiger partial charge in [-0.2, -0.15) is 8.78 Å². The highest BCUT2D eigenvalue weighted by Crippen LogP contribution is 2.35. The Balaban J connectivity index is 1.72. The average molecular weight is 571 g/mol. The second-order valence-corrected chi connectivity index (χ2v) is 9.27. The number of hydrogen-bond donors (Lipinski definition) is 3. The van der Waals surface area contributed by atoms with Crippen LogP contribution in [0.4, 0.5) is 14.5 Å². The number of aromatic nitrogens is 3. The summed E-state index contributed by atoms with van der Waals surface area (Å²) in [5, 5.41) is 30.1. The molecule has 0 spiro atoms. The van der Waals surface area contributed by atoms with Gasteiger partial charge >= 0.3 is 6.43 Å². The Morgan fingerprint density at radius 2 is 1.90 bits per heavy atom. The van der Waals surface area contributed by atoms with Crippen molar-refractivity contribution in [3.63, 3.8) is 0 Å². The molecule has 2 heterocycles. The van der Waals surface area contributed by atoms with E-state index in [9.17, 15) is 18.7 Å². The monoisotopic (exact) mass is 570 g/mol. The Bertz CT molecular complexity index is 1640. The maximum absolute atomic E-state index is 13.4. The van der Waals surface area contributed by atoms with Gasteiger partial charge in [0.05, 0.1) is 42.2 Å². The number of nitrogens with zero attached hydrogens (tertiary/aromatic N) is 3. The van der Waals surface area contributed by atoms with Gasteiger partial charge in [-0.1, -0.05) is 24.6 Å². The number of anilines is 1. The van der Waals surface area contributed by atoms with E-state index in [0.29, 0.717) is 28.7 Å². The molecule has 4 aromatic rings. The number of nitrogens with one attached hydrogen (secondary N) is 2. The summed E-state index contributed by atoms with van der Waals surface area (Å²) in [6.45, 7) is 1.82. The van der Waals surface area contributed by atoms with Gasteiger partial charge in [0.2, 0.25) is 0 Å². The van der Waals surface area contributed by atoms with Gasteiger partial charge in [0.1, 0.15) is 12.0 Å². The van der Waals surface area contributed by atoms with Crippen molar-refractivity contribution in [2.45, 2.75) is 32.0 Å². The van der Waals surface area contributed by atoms with Gasteiger partial charge in [-0.15, -0.1) is 0 Å². The molecule has 40 heavy (non-hydrogen) atoms. The molecule has 0 bridgehead atoms. The molecule has 2 aromatic carbocycles. The molecule has 0 aliphatic heterocycles. The first-order valence-electron chi connectivity index (χ1n) is 12.2. The zero-order chi connectivity index (χ0) is 29.0. The number of hydrogen-bond acceptors (Lipinski definition) is 7. The third-order valence-electron chi connectivity index (χ3n) is 6.28. The van der Waals surface area contributed by atoms with Gasteiger partial charge in [0.25, 0.3) is 11.3 Å². The highest BCUT2D eigenvalue weighted by Gasteiger charge is 2.24. The summed E-state index contributed by atoms with van der Waals surface area (Å²) in [5.74, 6) is -0.787. The fourth-order valence-corrected chi connectivity index (χ4v) is 4.50. The third kappa shape index (κ3) is 6.11. The first-order valence-corrected chi connectivity index (χ1v) is 12.6. The highest BCUT2D eigenvalue weighted by molar-refractivity contribution is 6.31. The molecule has 5 N–H and O–H groups in total. The highest BCUT2D eigenvalue weighted by atomic mass is 35.5. The zero-order valence-electron chi connectivity index (χ0n) is 21.5. The van der Waals surface area contributed by atoms with Crippen molar-refractivity contribution >= 4 is 34.0 Å². The molecule has 0 radical (unpaired) electrons.